The first-order valence-corrected chi connectivity index (χ1v) is 13.7. The van der Waals surface area contributed by atoms with E-state index in [4.69, 9.17) is 14.2 Å². The second-order valence-electron chi connectivity index (χ2n) is 9.89. The van der Waals surface area contributed by atoms with Gasteiger partial charge in [-0.25, -0.2) is 4.79 Å². The first kappa shape index (κ1) is 33.8. The molecule has 0 aromatic heterocycles. The SMILES string of the molecule is C[C@H]1CCC/C=C/C=C/[C@H](O)C[C@@H](O)C/C=C\C=C\[C@@H](O[C@@H]2O[C@H](CO)[C@@H](O)[C@H](O)[C@H]2O)C/C=C/C=C\C(=O)O1. The van der Waals surface area contributed by atoms with Gasteiger partial charge < -0.3 is 44.8 Å². The second-order valence-corrected chi connectivity index (χ2v) is 9.89. The Balaban J connectivity index is 2.12. The zero-order valence-electron chi connectivity index (χ0n) is 22.9. The van der Waals surface area contributed by atoms with E-state index in [0.29, 0.717) is 19.3 Å². The van der Waals surface area contributed by atoms with E-state index in [-0.39, 0.29) is 12.5 Å². The molecule has 0 aromatic rings. The number of rotatable bonds is 3. The van der Waals surface area contributed by atoms with Crippen LogP contribution in [0, 0.1) is 0 Å². The zero-order chi connectivity index (χ0) is 29.3. The third-order valence-corrected chi connectivity index (χ3v) is 6.38. The molecule has 2 rings (SSSR count). The Kier molecular flexibility index (Phi) is 15.9. The molecule has 0 aromatic carbocycles. The fraction of sp³-hybridized carbons (Fsp3) is 0.567. The minimum absolute atomic E-state index is 0.183. The molecule has 2 aliphatic heterocycles. The highest BCUT2D eigenvalue weighted by Gasteiger charge is 2.44. The maximum atomic E-state index is 12.1. The van der Waals surface area contributed by atoms with Gasteiger partial charge in [0.2, 0.25) is 0 Å². The maximum Gasteiger partial charge on any atom is 0.331 e. The monoisotopic (exact) mass is 564 g/mol. The summed E-state index contributed by atoms with van der Waals surface area (Å²) < 4.78 is 16.7. The number of carbonyl (C=O) groups excluding carboxylic acids is 1. The summed E-state index contributed by atoms with van der Waals surface area (Å²) in [7, 11) is 0. The van der Waals surface area contributed by atoms with Crippen LogP contribution < -0.4 is 0 Å². The van der Waals surface area contributed by atoms with Gasteiger partial charge in [0.05, 0.1) is 31.0 Å². The molecule has 10 nitrogen and oxygen atoms in total. The van der Waals surface area contributed by atoms with Gasteiger partial charge in [-0.3, -0.25) is 0 Å². The molecular formula is C30H44O10. The molecule has 0 saturated carbocycles. The second kappa shape index (κ2) is 18.8. The Bertz CT molecular complexity index is 906. The predicted octanol–water partition coefficient (Wildman–Crippen LogP) is 1.52. The molecule has 6 N–H and O–H groups in total. The molecule has 10 heteroatoms. The summed E-state index contributed by atoms with van der Waals surface area (Å²) in [6.07, 6.45) is 13.9. The summed E-state index contributed by atoms with van der Waals surface area (Å²) >= 11 is 0. The van der Waals surface area contributed by atoms with Crippen LogP contribution in [0.4, 0.5) is 0 Å². The van der Waals surface area contributed by atoms with Crippen molar-refractivity contribution in [3.8, 4) is 0 Å². The number of esters is 1. The first-order valence-electron chi connectivity index (χ1n) is 13.7. The Morgan fingerprint density at radius 1 is 0.875 bits per heavy atom. The number of aliphatic hydroxyl groups excluding tert-OH is 6. The highest BCUT2D eigenvalue weighted by molar-refractivity contribution is 5.82. The van der Waals surface area contributed by atoms with Gasteiger partial charge in [-0.15, -0.1) is 0 Å². The van der Waals surface area contributed by atoms with Gasteiger partial charge in [-0.05, 0) is 39.0 Å². The van der Waals surface area contributed by atoms with E-state index in [1.807, 2.05) is 19.1 Å². The van der Waals surface area contributed by atoms with Crippen LogP contribution in [-0.2, 0) is 19.0 Å². The van der Waals surface area contributed by atoms with Gasteiger partial charge >= 0.3 is 5.97 Å². The molecule has 1 fully saturated rings. The third kappa shape index (κ3) is 12.8. The molecule has 9 atom stereocenters. The summed E-state index contributed by atoms with van der Waals surface area (Å²) in [4.78, 5) is 12.1. The molecule has 0 spiro atoms. The lowest BCUT2D eigenvalue weighted by atomic mass is 9.99. The van der Waals surface area contributed by atoms with E-state index >= 15 is 0 Å². The Morgan fingerprint density at radius 3 is 2.35 bits per heavy atom. The Labute approximate surface area is 235 Å². The van der Waals surface area contributed by atoms with E-state index < -0.39 is 61.6 Å². The standard InChI is InChI=1S/C30H44O10/c1-21-13-7-3-2-4-8-14-22(32)19-23(33)15-9-5-10-16-24(17-11-6-12-18-26(34)38-21)39-30-29(37)28(36)27(35)25(20-31)40-30/h2,4-6,8-12,14,16,18,21-25,27-33,35-37H,3,7,13,15,17,19-20H2,1H3/b4-2+,9-5-,11-6+,14-8+,16-10+,18-12-/t21-,22-,23-,24+,25+,27+,28-,29+,30+/m0/s1. The molecule has 0 bridgehead atoms. The van der Waals surface area contributed by atoms with Gasteiger partial charge in [0.15, 0.2) is 6.29 Å². The minimum Gasteiger partial charge on any atom is -0.460 e. The summed E-state index contributed by atoms with van der Waals surface area (Å²) in [6, 6.07) is 0. The van der Waals surface area contributed by atoms with Crippen molar-refractivity contribution in [1.29, 1.82) is 0 Å². The van der Waals surface area contributed by atoms with Crippen molar-refractivity contribution < 1.29 is 49.6 Å². The summed E-state index contributed by atoms with van der Waals surface area (Å²) in [6.45, 7) is 1.26. The summed E-state index contributed by atoms with van der Waals surface area (Å²) in [5.74, 6) is -0.458. The van der Waals surface area contributed by atoms with Crippen LogP contribution in [-0.4, -0.2) is 98.3 Å². The number of hydrogen-bond donors (Lipinski definition) is 6. The van der Waals surface area contributed by atoms with Crippen LogP contribution in [0.5, 0.6) is 0 Å². The third-order valence-electron chi connectivity index (χ3n) is 6.38. The van der Waals surface area contributed by atoms with E-state index in [0.717, 1.165) is 12.8 Å². The lowest BCUT2D eigenvalue weighted by molar-refractivity contribution is -0.307. The van der Waals surface area contributed by atoms with Crippen molar-refractivity contribution in [2.75, 3.05) is 6.61 Å². The molecule has 1 saturated heterocycles. The number of allylic oxidation sites excluding steroid dienone is 7. The van der Waals surface area contributed by atoms with Crippen LogP contribution in [0.1, 0.15) is 45.4 Å². The molecule has 0 amide bonds. The van der Waals surface area contributed by atoms with Crippen LogP contribution in [0.2, 0.25) is 0 Å². The number of carbonyl (C=O) groups is 1. The molecule has 0 unspecified atom stereocenters. The van der Waals surface area contributed by atoms with Gasteiger partial charge in [-0.1, -0.05) is 66.8 Å². The highest BCUT2D eigenvalue weighted by atomic mass is 16.7. The number of aliphatic hydroxyl groups is 6. The largest absolute Gasteiger partial charge is 0.460 e. The van der Waals surface area contributed by atoms with Crippen molar-refractivity contribution >= 4 is 5.97 Å². The molecule has 0 aliphatic carbocycles. The minimum atomic E-state index is -1.57. The van der Waals surface area contributed by atoms with Crippen LogP contribution >= 0.6 is 0 Å². The number of ether oxygens (including phenoxy) is 3. The fourth-order valence-electron chi connectivity index (χ4n) is 4.10. The Hall–Kier alpha value is -2.41. The first-order chi connectivity index (χ1) is 19.2. The fourth-order valence-corrected chi connectivity index (χ4v) is 4.10. The van der Waals surface area contributed by atoms with Crippen LogP contribution in [0.3, 0.4) is 0 Å². The normalized spacial score (nSPS) is 40.6. The lowest BCUT2D eigenvalue weighted by Gasteiger charge is -2.40. The van der Waals surface area contributed by atoms with Crippen molar-refractivity contribution in [3.05, 3.63) is 72.9 Å². The van der Waals surface area contributed by atoms with Crippen LogP contribution in [0.25, 0.3) is 0 Å². The van der Waals surface area contributed by atoms with Crippen molar-refractivity contribution in [1.82, 2.24) is 0 Å². The molecule has 0 radical (unpaired) electrons. The van der Waals surface area contributed by atoms with E-state index in [9.17, 15) is 35.4 Å². The summed E-state index contributed by atoms with van der Waals surface area (Å²) in [5, 5.41) is 60.2. The number of hydrogen-bond acceptors (Lipinski definition) is 10. The average Bonchev–Trinajstić information content (AvgIpc) is 2.91. The maximum absolute atomic E-state index is 12.1. The van der Waals surface area contributed by atoms with E-state index in [1.165, 1.54) is 6.08 Å². The van der Waals surface area contributed by atoms with E-state index in [2.05, 4.69) is 0 Å². The van der Waals surface area contributed by atoms with Crippen molar-refractivity contribution in [2.45, 2.75) is 101 Å². The number of cyclic esters (lactones) is 1. The molecule has 224 valence electrons. The quantitative estimate of drug-likeness (QED) is 0.277. The van der Waals surface area contributed by atoms with Crippen LogP contribution in [0.15, 0.2) is 72.9 Å². The van der Waals surface area contributed by atoms with Gasteiger partial charge in [0, 0.05) is 12.5 Å². The smallest absolute Gasteiger partial charge is 0.331 e. The molecular weight excluding hydrogens is 520 g/mol. The van der Waals surface area contributed by atoms with Gasteiger partial charge in [-0.2, -0.15) is 0 Å². The topological polar surface area (TPSA) is 166 Å². The van der Waals surface area contributed by atoms with Crippen molar-refractivity contribution in [2.24, 2.45) is 0 Å². The molecule has 2 aliphatic rings. The van der Waals surface area contributed by atoms with Crippen molar-refractivity contribution in [3.63, 3.8) is 0 Å². The molecule has 2 heterocycles. The molecule has 40 heavy (non-hydrogen) atoms. The zero-order valence-corrected chi connectivity index (χ0v) is 22.9. The highest BCUT2D eigenvalue weighted by Crippen LogP contribution is 2.24. The summed E-state index contributed by atoms with van der Waals surface area (Å²) in [5.41, 5.74) is 0. The Morgan fingerprint density at radius 2 is 1.57 bits per heavy atom. The van der Waals surface area contributed by atoms with Gasteiger partial charge in [0.1, 0.15) is 24.4 Å². The van der Waals surface area contributed by atoms with E-state index in [1.54, 1.807) is 54.7 Å². The lowest BCUT2D eigenvalue weighted by Crippen LogP contribution is -2.59. The van der Waals surface area contributed by atoms with Gasteiger partial charge in [0.25, 0.3) is 0 Å². The average molecular weight is 565 g/mol. The predicted molar refractivity (Wildman–Crippen MR) is 149 cm³/mol.